The quantitative estimate of drug-likeness (QED) is 0.802. The molecule has 0 aromatic carbocycles. The molecule has 1 aromatic rings. The highest BCUT2D eigenvalue weighted by Crippen LogP contribution is 2.38. The SMILES string of the molecule is CC(=O)Nc1sc2c(c1C(=O)O[C@@H](C)C(=O)NC(C)(C)C)CCCC2. The molecule has 1 aliphatic rings. The van der Waals surface area contributed by atoms with E-state index < -0.39 is 17.6 Å². The summed E-state index contributed by atoms with van der Waals surface area (Å²) in [5.74, 6) is -1.13. The van der Waals surface area contributed by atoms with Gasteiger partial charge in [0, 0.05) is 17.3 Å². The summed E-state index contributed by atoms with van der Waals surface area (Å²) in [5, 5.41) is 6.05. The van der Waals surface area contributed by atoms with E-state index in [1.165, 1.54) is 18.3 Å². The molecule has 0 bridgehead atoms. The first-order valence-electron chi connectivity index (χ1n) is 8.53. The van der Waals surface area contributed by atoms with E-state index >= 15 is 0 Å². The minimum atomic E-state index is -0.906. The summed E-state index contributed by atoms with van der Waals surface area (Å²) < 4.78 is 5.40. The maximum atomic E-state index is 12.7. The van der Waals surface area contributed by atoms with Crippen LogP contribution in [0.25, 0.3) is 0 Å². The van der Waals surface area contributed by atoms with E-state index in [0.29, 0.717) is 10.6 Å². The third kappa shape index (κ3) is 5.04. The number of amides is 2. The van der Waals surface area contributed by atoms with Gasteiger partial charge < -0.3 is 15.4 Å². The molecule has 0 unspecified atom stereocenters. The van der Waals surface area contributed by atoms with Gasteiger partial charge in [0.1, 0.15) is 5.00 Å². The van der Waals surface area contributed by atoms with Gasteiger partial charge in [-0.2, -0.15) is 0 Å². The van der Waals surface area contributed by atoms with Crippen molar-refractivity contribution in [2.24, 2.45) is 0 Å². The molecular formula is C18H26N2O4S. The number of esters is 1. The lowest BCUT2D eigenvalue weighted by Gasteiger charge is -2.23. The topological polar surface area (TPSA) is 84.5 Å². The highest BCUT2D eigenvalue weighted by Gasteiger charge is 2.30. The molecule has 1 atom stereocenters. The zero-order chi connectivity index (χ0) is 18.8. The second-order valence-electron chi connectivity index (χ2n) is 7.38. The highest BCUT2D eigenvalue weighted by molar-refractivity contribution is 7.17. The van der Waals surface area contributed by atoms with Gasteiger partial charge in [0.25, 0.3) is 5.91 Å². The number of fused-ring (bicyclic) bond motifs is 1. The smallest absolute Gasteiger partial charge is 0.342 e. The lowest BCUT2D eigenvalue weighted by Crippen LogP contribution is -2.46. The van der Waals surface area contributed by atoms with E-state index in [1.807, 2.05) is 20.8 Å². The molecule has 25 heavy (non-hydrogen) atoms. The molecule has 0 fully saturated rings. The maximum Gasteiger partial charge on any atom is 0.342 e. The number of nitrogens with one attached hydrogen (secondary N) is 2. The third-order valence-electron chi connectivity index (χ3n) is 3.82. The van der Waals surface area contributed by atoms with Crippen molar-refractivity contribution in [1.82, 2.24) is 5.32 Å². The van der Waals surface area contributed by atoms with Gasteiger partial charge in [0.05, 0.1) is 5.56 Å². The fraction of sp³-hybridized carbons (Fsp3) is 0.611. The van der Waals surface area contributed by atoms with Crippen molar-refractivity contribution in [2.75, 3.05) is 5.32 Å². The van der Waals surface area contributed by atoms with Gasteiger partial charge in [0.2, 0.25) is 5.91 Å². The average Bonchev–Trinajstić information content (AvgIpc) is 2.82. The molecule has 0 spiro atoms. The number of carbonyl (C=O) groups excluding carboxylic acids is 3. The lowest BCUT2D eigenvalue weighted by molar-refractivity contribution is -0.130. The van der Waals surface area contributed by atoms with E-state index in [-0.39, 0.29) is 11.8 Å². The summed E-state index contributed by atoms with van der Waals surface area (Å²) in [6, 6.07) is 0. The van der Waals surface area contributed by atoms with Crippen molar-refractivity contribution in [3.05, 3.63) is 16.0 Å². The van der Waals surface area contributed by atoms with E-state index in [9.17, 15) is 14.4 Å². The second-order valence-corrected chi connectivity index (χ2v) is 8.49. The molecule has 1 aliphatic carbocycles. The standard InChI is InChI=1S/C18H26N2O4S/c1-10(15(22)20-18(3,4)5)24-17(23)14-12-8-6-7-9-13(12)25-16(14)19-11(2)21/h10H,6-9H2,1-5H3,(H,19,21)(H,20,22)/t10-/m0/s1. The van der Waals surface area contributed by atoms with Crippen molar-refractivity contribution in [3.63, 3.8) is 0 Å². The maximum absolute atomic E-state index is 12.7. The molecule has 1 aromatic heterocycles. The summed E-state index contributed by atoms with van der Waals surface area (Å²) in [5.41, 5.74) is 0.958. The minimum Gasteiger partial charge on any atom is -0.449 e. The number of rotatable bonds is 4. The van der Waals surface area contributed by atoms with Crippen LogP contribution in [0.5, 0.6) is 0 Å². The molecule has 2 rings (SSSR count). The van der Waals surface area contributed by atoms with Gasteiger partial charge in [-0.1, -0.05) is 0 Å². The van der Waals surface area contributed by atoms with Gasteiger partial charge in [-0.25, -0.2) is 4.79 Å². The number of anilines is 1. The van der Waals surface area contributed by atoms with Crippen LogP contribution in [0, 0.1) is 0 Å². The van der Waals surface area contributed by atoms with Crippen molar-refractivity contribution in [3.8, 4) is 0 Å². The number of ether oxygens (including phenoxy) is 1. The van der Waals surface area contributed by atoms with Gasteiger partial charge in [-0.15, -0.1) is 11.3 Å². The van der Waals surface area contributed by atoms with Gasteiger partial charge in [-0.3, -0.25) is 9.59 Å². The monoisotopic (exact) mass is 366 g/mol. The van der Waals surface area contributed by atoms with Crippen LogP contribution in [0.2, 0.25) is 0 Å². The molecular weight excluding hydrogens is 340 g/mol. The molecule has 0 saturated carbocycles. The first kappa shape index (κ1) is 19.4. The van der Waals surface area contributed by atoms with Crippen molar-refractivity contribution < 1.29 is 19.1 Å². The normalized spacial score (nSPS) is 15.1. The van der Waals surface area contributed by atoms with Crippen molar-refractivity contribution in [2.45, 2.75) is 71.9 Å². The first-order valence-corrected chi connectivity index (χ1v) is 9.35. The lowest BCUT2D eigenvalue weighted by atomic mass is 9.95. The van der Waals surface area contributed by atoms with Crippen molar-refractivity contribution >= 4 is 34.1 Å². The zero-order valence-corrected chi connectivity index (χ0v) is 16.3. The number of hydrogen-bond donors (Lipinski definition) is 2. The van der Waals surface area contributed by atoms with E-state index in [2.05, 4.69) is 10.6 Å². The Kier molecular flexibility index (Phi) is 5.87. The Morgan fingerprint density at radius 3 is 2.40 bits per heavy atom. The molecule has 2 N–H and O–H groups in total. The number of aryl methyl sites for hydroxylation is 1. The third-order valence-corrected chi connectivity index (χ3v) is 5.02. The fourth-order valence-corrected chi connectivity index (χ4v) is 4.10. The van der Waals surface area contributed by atoms with Crippen molar-refractivity contribution in [1.29, 1.82) is 0 Å². The number of carbonyl (C=O) groups is 3. The Bertz CT molecular complexity index is 688. The molecule has 7 heteroatoms. The van der Waals surface area contributed by atoms with Crippen LogP contribution in [-0.4, -0.2) is 29.4 Å². The van der Waals surface area contributed by atoms with Crippen LogP contribution >= 0.6 is 11.3 Å². The first-order chi connectivity index (χ1) is 11.6. The van der Waals surface area contributed by atoms with E-state index in [1.54, 1.807) is 6.92 Å². The predicted octanol–water partition coefficient (Wildman–Crippen LogP) is 3.05. The highest BCUT2D eigenvalue weighted by atomic mass is 32.1. The zero-order valence-electron chi connectivity index (χ0n) is 15.4. The summed E-state index contributed by atoms with van der Waals surface area (Å²) >= 11 is 1.43. The number of hydrogen-bond acceptors (Lipinski definition) is 5. The molecule has 1 heterocycles. The summed E-state index contributed by atoms with van der Waals surface area (Å²) in [6.07, 6.45) is 2.87. The Morgan fingerprint density at radius 2 is 1.80 bits per heavy atom. The summed E-state index contributed by atoms with van der Waals surface area (Å²) in [6.45, 7) is 8.56. The van der Waals surface area contributed by atoms with Gasteiger partial charge in [0.15, 0.2) is 6.10 Å². The van der Waals surface area contributed by atoms with E-state index in [4.69, 9.17) is 4.74 Å². The fourth-order valence-electron chi connectivity index (χ4n) is 2.77. The Morgan fingerprint density at radius 1 is 1.16 bits per heavy atom. The van der Waals surface area contributed by atoms with Crippen LogP contribution in [-0.2, 0) is 27.2 Å². The van der Waals surface area contributed by atoms with Gasteiger partial charge in [-0.05, 0) is 58.9 Å². The summed E-state index contributed by atoms with van der Waals surface area (Å²) in [7, 11) is 0. The Hall–Kier alpha value is -1.89. The molecule has 0 aliphatic heterocycles. The molecule has 0 radical (unpaired) electrons. The second kappa shape index (κ2) is 7.56. The summed E-state index contributed by atoms with van der Waals surface area (Å²) in [4.78, 5) is 37.5. The van der Waals surface area contributed by atoms with Crippen LogP contribution in [0.3, 0.4) is 0 Å². The predicted molar refractivity (Wildman–Crippen MR) is 98.0 cm³/mol. The van der Waals surface area contributed by atoms with Crippen LogP contribution < -0.4 is 10.6 Å². The van der Waals surface area contributed by atoms with E-state index in [0.717, 1.165) is 36.1 Å². The van der Waals surface area contributed by atoms with Crippen LogP contribution in [0.1, 0.15) is 68.3 Å². The molecule has 2 amide bonds. The minimum absolute atomic E-state index is 0.230. The van der Waals surface area contributed by atoms with Gasteiger partial charge >= 0.3 is 5.97 Å². The Balaban J connectivity index is 2.21. The number of thiophene rings is 1. The van der Waals surface area contributed by atoms with Crippen LogP contribution in [0.15, 0.2) is 0 Å². The molecule has 138 valence electrons. The van der Waals surface area contributed by atoms with Crippen LogP contribution in [0.4, 0.5) is 5.00 Å². The molecule has 0 saturated heterocycles. The average molecular weight is 366 g/mol. The molecule has 6 nitrogen and oxygen atoms in total. The Labute approximate surface area is 152 Å². The largest absolute Gasteiger partial charge is 0.449 e.